The Hall–Kier alpha value is -2.07. The molecule has 2 aromatic rings. The molecule has 2 rings (SSSR count). The minimum Gasteiger partial charge on any atom is -0.299 e. The van der Waals surface area contributed by atoms with Crippen molar-refractivity contribution in [3.63, 3.8) is 0 Å². The summed E-state index contributed by atoms with van der Waals surface area (Å²) in [7, 11) is 0. The monoisotopic (exact) mass is 346 g/mol. The predicted octanol–water partition coefficient (Wildman–Crippen LogP) is 4.51. The maximum atomic E-state index is 13.0. The van der Waals surface area contributed by atoms with Gasteiger partial charge in [0.25, 0.3) is 5.56 Å². The van der Waals surface area contributed by atoms with E-state index in [2.05, 4.69) is 5.10 Å². The smallest absolute Gasteiger partial charge is 0.278 e. The first-order valence-electron chi connectivity index (χ1n) is 7.98. The molecule has 1 N–H and O–H groups in total. The van der Waals surface area contributed by atoms with E-state index in [-0.39, 0.29) is 16.9 Å². The maximum absolute atomic E-state index is 13.0. The highest BCUT2D eigenvalue weighted by Gasteiger charge is 2.23. The Morgan fingerprint density at radius 3 is 2.29 bits per heavy atom. The summed E-state index contributed by atoms with van der Waals surface area (Å²) in [4.78, 5) is 25.4. The Labute approximate surface area is 147 Å². The van der Waals surface area contributed by atoms with Crippen LogP contribution in [0.15, 0.2) is 22.5 Å². The van der Waals surface area contributed by atoms with E-state index >= 15 is 0 Å². The van der Waals surface area contributed by atoms with Crippen molar-refractivity contribution < 1.29 is 4.79 Å². The fourth-order valence-corrected chi connectivity index (χ4v) is 3.21. The zero-order valence-electron chi connectivity index (χ0n) is 15.0. The van der Waals surface area contributed by atoms with Crippen LogP contribution in [-0.2, 0) is 6.54 Å². The summed E-state index contributed by atoms with van der Waals surface area (Å²) in [5.74, 6) is -0.266. The van der Waals surface area contributed by atoms with E-state index in [0.717, 1.165) is 22.3 Å². The normalized spacial score (nSPS) is 10.8. The number of aromatic nitrogens is 2. The summed E-state index contributed by atoms with van der Waals surface area (Å²) in [5, 5.41) is 3.56. The number of rotatable bonds is 4. The lowest BCUT2D eigenvalue weighted by Gasteiger charge is -2.14. The molecule has 0 fully saturated rings. The fraction of sp³-hybridized carbons (Fsp3) is 0.368. The molecule has 4 nitrogen and oxygen atoms in total. The van der Waals surface area contributed by atoms with Crippen molar-refractivity contribution in [3.8, 4) is 0 Å². The van der Waals surface area contributed by atoms with Crippen LogP contribution in [0.25, 0.3) is 5.57 Å². The van der Waals surface area contributed by atoms with Gasteiger partial charge in [-0.3, -0.25) is 19.4 Å². The molecule has 5 heteroatoms. The number of nitrogens with one attached hydrogen (secondary N) is 1. The fourth-order valence-electron chi connectivity index (χ4n) is 2.86. The molecule has 128 valence electrons. The SMILES string of the molecule is CCn1[nH]c(C)c(C(=O)c2ccc(Cl)c(C(C)=C(C)C)c2C)c1=O. The van der Waals surface area contributed by atoms with Crippen LogP contribution in [0, 0.1) is 13.8 Å². The highest BCUT2D eigenvalue weighted by atomic mass is 35.5. The molecule has 1 aromatic carbocycles. The van der Waals surface area contributed by atoms with Crippen molar-refractivity contribution in [2.24, 2.45) is 0 Å². The lowest BCUT2D eigenvalue weighted by molar-refractivity contribution is 0.103. The zero-order valence-corrected chi connectivity index (χ0v) is 15.8. The first-order valence-corrected chi connectivity index (χ1v) is 8.36. The van der Waals surface area contributed by atoms with Crippen LogP contribution in [0.1, 0.15) is 60.4 Å². The Morgan fingerprint density at radius 2 is 1.79 bits per heavy atom. The molecule has 0 aliphatic heterocycles. The molecule has 1 aromatic heterocycles. The summed E-state index contributed by atoms with van der Waals surface area (Å²) in [6.45, 7) is 12.0. The molecule has 0 amide bonds. The number of halogens is 1. The third-order valence-electron chi connectivity index (χ3n) is 4.46. The zero-order chi connectivity index (χ0) is 18.2. The number of hydrogen-bond donors (Lipinski definition) is 1. The van der Waals surface area contributed by atoms with E-state index in [9.17, 15) is 9.59 Å². The molecular formula is C19H23ClN2O2. The number of allylic oxidation sites excluding steroid dienone is 2. The van der Waals surface area contributed by atoms with Crippen LogP contribution in [0.3, 0.4) is 0 Å². The van der Waals surface area contributed by atoms with Crippen LogP contribution in [0.4, 0.5) is 0 Å². The van der Waals surface area contributed by atoms with Gasteiger partial charge in [0.1, 0.15) is 5.56 Å². The van der Waals surface area contributed by atoms with E-state index in [4.69, 9.17) is 11.6 Å². The molecular weight excluding hydrogens is 324 g/mol. The number of nitrogens with zero attached hydrogens (tertiary/aromatic N) is 1. The van der Waals surface area contributed by atoms with Gasteiger partial charge in [-0.1, -0.05) is 17.2 Å². The van der Waals surface area contributed by atoms with Gasteiger partial charge < -0.3 is 0 Å². The highest BCUT2D eigenvalue weighted by molar-refractivity contribution is 6.32. The number of ketones is 1. The van der Waals surface area contributed by atoms with Crippen molar-refractivity contribution in [2.45, 2.75) is 48.1 Å². The second-order valence-corrected chi connectivity index (χ2v) is 6.62. The number of aromatic amines is 1. The minimum absolute atomic E-state index is 0.197. The quantitative estimate of drug-likeness (QED) is 0.828. The maximum Gasteiger partial charge on any atom is 0.278 e. The molecule has 24 heavy (non-hydrogen) atoms. The van der Waals surface area contributed by atoms with Crippen LogP contribution >= 0.6 is 11.6 Å². The van der Waals surface area contributed by atoms with Gasteiger partial charge in [0.15, 0.2) is 0 Å². The van der Waals surface area contributed by atoms with Crippen molar-refractivity contribution in [1.29, 1.82) is 0 Å². The summed E-state index contributed by atoms with van der Waals surface area (Å²) >= 11 is 6.36. The first kappa shape index (κ1) is 18.3. The van der Waals surface area contributed by atoms with Gasteiger partial charge in [-0.15, -0.1) is 0 Å². The first-order chi connectivity index (χ1) is 11.2. The third-order valence-corrected chi connectivity index (χ3v) is 4.78. The average molecular weight is 347 g/mol. The largest absolute Gasteiger partial charge is 0.299 e. The van der Waals surface area contributed by atoms with E-state index in [1.807, 2.05) is 34.6 Å². The number of benzene rings is 1. The second-order valence-electron chi connectivity index (χ2n) is 6.21. The second kappa shape index (κ2) is 6.81. The van der Waals surface area contributed by atoms with Gasteiger partial charge in [0.05, 0.1) is 0 Å². The van der Waals surface area contributed by atoms with Gasteiger partial charge >= 0.3 is 0 Å². The van der Waals surface area contributed by atoms with Gasteiger partial charge in [-0.2, -0.15) is 0 Å². The molecule has 0 aliphatic rings. The van der Waals surface area contributed by atoms with E-state index < -0.39 is 0 Å². The molecule has 0 radical (unpaired) electrons. The molecule has 0 atom stereocenters. The lowest BCUT2D eigenvalue weighted by atomic mass is 9.91. The Balaban J connectivity index is 2.69. The van der Waals surface area contributed by atoms with Gasteiger partial charge in [0, 0.05) is 22.8 Å². The van der Waals surface area contributed by atoms with Gasteiger partial charge in [-0.25, -0.2) is 0 Å². The van der Waals surface area contributed by atoms with Crippen molar-refractivity contribution >= 4 is 23.0 Å². The topological polar surface area (TPSA) is 54.9 Å². The number of H-pyrrole nitrogens is 1. The lowest BCUT2D eigenvalue weighted by Crippen LogP contribution is -2.22. The van der Waals surface area contributed by atoms with Crippen LogP contribution < -0.4 is 5.56 Å². The highest BCUT2D eigenvalue weighted by Crippen LogP contribution is 2.32. The Bertz CT molecular complexity index is 897. The molecule has 0 spiro atoms. The number of hydrogen-bond acceptors (Lipinski definition) is 2. The van der Waals surface area contributed by atoms with Crippen LogP contribution in [0.5, 0.6) is 0 Å². The summed E-state index contributed by atoms with van der Waals surface area (Å²) in [6, 6.07) is 3.42. The third kappa shape index (κ3) is 2.98. The standard InChI is InChI=1S/C19H23ClN2O2/c1-7-22-19(24)17(13(6)21-22)18(23)14-8-9-15(20)16(12(14)5)11(4)10(2)3/h8-9,21H,7H2,1-6H3. The van der Waals surface area contributed by atoms with E-state index in [1.165, 1.54) is 4.68 Å². The summed E-state index contributed by atoms with van der Waals surface area (Å²) < 4.78 is 1.44. The molecule has 0 saturated heterocycles. The number of carbonyl (C=O) groups excluding carboxylic acids is 1. The predicted molar refractivity (Wildman–Crippen MR) is 99.0 cm³/mol. The number of carbonyl (C=O) groups is 1. The van der Waals surface area contributed by atoms with Crippen LogP contribution in [-0.4, -0.2) is 15.6 Å². The van der Waals surface area contributed by atoms with E-state index in [1.54, 1.807) is 19.1 Å². The molecule has 0 unspecified atom stereocenters. The van der Waals surface area contributed by atoms with Gasteiger partial charge in [-0.05, 0) is 70.4 Å². The van der Waals surface area contributed by atoms with Gasteiger partial charge in [0.2, 0.25) is 5.78 Å². The molecule has 0 bridgehead atoms. The molecule has 0 aliphatic carbocycles. The summed E-state index contributed by atoms with van der Waals surface area (Å²) in [5.41, 5.74) is 4.86. The van der Waals surface area contributed by atoms with Crippen molar-refractivity contribution in [2.75, 3.05) is 0 Å². The Kier molecular flexibility index (Phi) is 5.19. The molecule has 0 saturated carbocycles. The van der Waals surface area contributed by atoms with Crippen molar-refractivity contribution in [3.05, 3.63) is 61.0 Å². The Morgan fingerprint density at radius 1 is 1.17 bits per heavy atom. The van der Waals surface area contributed by atoms with Crippen LogP contribution in [0.2, 0.25) is 5.02 Å². The van der Waals surface area contributed by atoms with E-state index in [0.29, 0.717) is 22.8 Å². The summed E-state index contributed by atoms with van der Waals surface area (Å²) in [6.07, 6.45) is 0. The van der Waals surface area contributed by atoms with Crippen molar-refractivity contribution in [1.82, 2.24) is 9.78 Å². The molecule has 1 heterocycles. The number of aryl methyl sites for hydroxylation is 2. The minimum atomic E-state index is -0.283. The average Bonchev–Trinajstić information content (AvgIpc) is 2.80.